The van der Waals surface area contributed by atoms with Gasteiger partial charge >= 0.3 is 5.97 Å². The predicted octanol–water partition coefficient (Wildman–Crippen LogP) is 19.3. The summed E-state index contributed by atoms with van der Waals surface area (Å²) in [5.41, 5.74) is 26.5. The van der Waals surface area contributed by atoms with Crippen molar-refractivity contribution in [3.63, 3.8) is 0 Å². The predicted molar refractivity (Wildman–Crippen MR) is 580 cm³/mol. The van der Waals surface area contributed by atoms with Gasteiger partial charge < -0.3 is 86.0 Å². The van der Waals surface area contributed by atoms with Gasteiger partial charge in [-0.15, -0.1) is 0 Å². The van der Waals surface area contributed by atoms with E-state index in [1.165, 1.54) is 44.5 Å². The van der Waals surface area contributed by atoms with Gasteiger partial charge in [0.05, 0.1) is 41.7 Å². The number of aliphatic hydroxyl groups is 7. The fraction of sp³-hybridized carbons (Fsp3) is 0.642. The molecule has 16 atom stereocenters. The number of esters is 1. The molecule has 0 spiro atoms. The Morgan fingerprint density at radius 2 is 0.903 bits per heavy atom. The number of aliphatic hydroxyl groups excluding tert-OH is 7. The molecule has 10 rings (SSSR count). The number of likely N-dealkylation sites (tertiary alicyclic amines) is 2. The molecule has 4 fully saturated rings. The maximum atomic E-state index is 13.9. The van der Waals surface area contributed by atoms with Crippen molar-refractivity contribution in [1.29, 1.82) is 0 Å². The summed E-state index contributed by atoms with van der Waals surface area (Å²) >= 11 is 3.45. The molecule has 24 nitrogen and oxygen atoms in total. The number of aryl methyl sites for hydroxylation is 8. The van der Waals surface area contributed by atoms with E-state index in [9.17, 15) is 48.9 Å². The molecule has 1 aliphatic carbocycles. The number of hydrogen-bond donors (Lipinski definition) is 10. The number of piperidine rings is 2. The first-order valence-electron chi connectivity index (χ1n) is 53.8. The summed E-state index contributed by atoms with van der Waals surface area (Å²) in [6.07, 6.45) is 12.0. The second kappa shape index (κ2) is 63.9. The molecule has 6 aromatic rings. The molecule has 4 aliphatic rings. The van der Waals surface area contributed by atoms with Crippen LogP contribution in [0.15, 0.2) is 138 Å². The Balaban J connectivity index is 0.000000285. The molecule has 145 heavy (non-hydrogen) atoms. The molecule has 1 saturated carbocycles. The molecule has 0 radical (unpaired) electrons. The first kappa shape index (κ1) is 126. The van der Waals surface area contributed by atoms with E-state index in [1.54, 1.807) is 13.8 Å². The number of nitrogens with two attached hydrogens (primary N) is 2. The van der Waals surface area contributed by atoms with Gasteiger partial charge in [0.1, 0.15) is 39.1 Å². The normalized spacial score (nSPS) is 20.5. The Hall–Kier alpha value is -7.99. The fourth-order valence-corrected chi connectivity index (χ4v) is 20.9. The number of primary amides is 1. The SMILES string of the molecule is CC(C)[C@@H]1C[C@H]2[C@H](C[C@@H](C(C)C)C(=O)N2Cc2ccccc2)OC1=O.Cc1ccc(Br)cc1CCCOCO.Cc1ccc(C(=O)[C@@H](C[C@H]2[C@@H](O)C[C@@H](C(C)C)C(=O)N2Cc2ccccc2)C(C)C)cc1CCCOCO.Cc1ccc(C[C@@H](C[C@@H]2CC(=O)[C@H](C(C)C)C[C@@H]2O)C(C)C)cc1CCCOCO.Cc1ccc(C[C@@H](C[C@H](N)[C@@H](O)C[C@H](C(=O)NCC(C)(C)C(N)=O)C(C)C)C(C)C)cc1CCCOCO. The van der Waals surface area contributed by atoms with Gasteiger partial charge in [0.15, 0.2) is 5.78 Å². The van der Waals surface area contributed by atoms with Crippen LogP contribution in [-0.4, -0.2) is 189 Å². The van der Waals surface area contributed by atoms with E-state index in [-0.39, 0.29) is 159 Å². The van der Waals surface area contributed by atoms with Crippen LogP contribution in [0.5, 0.6) is 0 Å². The van der Waals surface area contributed by atoms with E-state index in [4.69, 9.17) is 55.6 Å². The Kier molecular flexibility index (Phi) is 55.4. The van der Waals surface area contributed by atoms with Crippen LogP contribution >= 0.6 is 15.9 Å². The van der Waals surface area contributed by atoms with E-state index in [0.29, 0.717) is 119 Å². The van der Waals surface area contributed by atoms with Gasteiger partial charge in [0.2, 0.25) is 23.6 Å². The fourth-order valence-electron chi connectivity index (χ4n) is 20.5. The summed E-state index contributed by atoms with van der Waals surface area (Å²) in [6, 6.07) is 44.5. The first-order valence-corrected chi connectivity index (χ1v) is 54.6. The van der Waals surface area contributed by atoms with Crippen molar-refractivity contribution in [1.82, 2.24) is 15.1 Å². The maximum Gasteiger partial charge on any atom is 0.309 e. The minimum atomic E-state index is -0.847. The Morgan fingerprint density at radius 1 is 0.483 bits per heavy atom. The van der Waals surface area contributed by atoms with E-state index in [1.807, 2.05) is 131 Å². The van der Waals surface area contributed by atoms with Crippen LogP contribution in [0, 0.1) is 134 Å². The van der Waals surface area contributed by atoms with Crippen molar-refractivity contribution >= 4 is 57.1 Å². The zero-order valence-electron chi connectivity index (χ0n) is 91.7. The lowest BCUT2D eigenvalue weighted by atomic mass is 9.70. The van der Waals surface area contributed by atoms with Crippen LogP contribution in [0.1, 0.15) is 285 Å². The third-order valence-corrected chi connectivity index (χ3v) is 31.2. The number of carbonyl (C=O) groups excluding carboxylic acids is 7. The van der Waals surface area contributed by atoms with Gasteiger partial charge in [-0.05, 0) is 307 Å². The second-order valence-electron chi connectivity index (χ2n) is 44.8. The highest BCUT2D eigenvalue weighted by Gasteiger charge is 2.51. The molecule has 25 heteroatoms. The molecule has 3 aliphatic heterocycles. The Bertz CT molecular complexity index is 4850. The van der Waals surface area contributed by atoms with Crippen molar-refractivity contribution in [3.05, 3.63) is 210 Å². The largest absolute Gasteiger partial charge is 0.460 e. The summed E-state index contributed by atoms with van der Waals surface area (Å²) < 4.78 is 27.0. The number of Topliss-reactive ketones (excluding diaryl/α,β-unsaturated/α-hetero) is 2. The number of halogens is 1. The van der Waals surface area contributed by atoms with E-state index in [0.717, 1.165) is 97.4 Å². The molecular weight excluding hydrogens is 1900 g/mol. The lowest BCUT2D eigenvalue weighted by Crippen LogP contribution is -2.60. The smallest absolute Gasteiger partial charge is 0.309 e. The highest BCUT2D eigenvalue weighted by molar-refractivity contribution is 9.10. The molecule has 12 N–H and O–H groups in total. The van der Waals surface area contributed by atoms with Gasteiger partial charge in [-0.1, -0.05) is 242 Å². The van der Waals surface area contributed by atoms with E-state index in [2.05, 4.69) is 172 Å². The number of carbonyl (C=O) groups is 7. The van der Waals surface area contributed by atoms with Crippen molar-refractivity contribution in [3.8, 4) is 0 Å². The van der Waals surface area contributed by atoms with Gasteiger partial charge in [-0.2, -0.15) is 0 Å². The van der Waals surface area contributed by atoms with E-state index >= 15 is 0 Å². The number of amides is 4. The lowest BCUT2D eigenvalue weighted by Gasteiger charge is -2.48. The Morgan fingerprint density at radius 3 is 1.35 bits per heavy atom. The van der Waals surface area contributed by atoms with Crippen LogP contribution < -0.4 is 16.8 Å². The number of fused-ring (bicyclic) bond motifs is 1. The first-order chi connectivity index (χ1) is 68.7. The quantitative estimate of drug-likeness (QED) is 0.00734. The zero-order valence-corrected chi connectivity index (χ0v) is 93.3. The topological polar surface area (TPSA) is 378 Å². The number of benzene rings is 6. The average molecular weight is 2080 g/mol. The van der Waals surface area contributed by atoms with Gasteiger partial charge in [-0.3, -0.25) is 33.6 Å². The molecule has 3 heterocycles. The molecule has 6 aromatic carbocycles. The van der Waals surface area contributed by atoms with Crippen molar-refractivity contribution < 1.29 is 93.0 Å². The van der Waals surface area contributed by atoms with Crippen molar-refractivity contribution in [2.75, 3.05) is 60.1 Å². The van der Waals surface area contributed by atoms with Gasteiger partial charge in [0, 0.05) is 98.2 Å². The highest BCUT2D eigenvalue weighted by atomic mass is 79.9. The zero-order chi connectivity index (χ0) is 108. The highest BCUT2D eigenvalue weighted by Crippen LogP contribution is 2.43. The maximum absolute atomic E-state index is 13.9. The summed E-state index contributed by atoms with van der Waals surface area (Å²) in [7, 11) is 0. The van der Waals surface area contributed by atoms with Gasteiger partial charge in [-0.25, -0.2) is 0 Å². The minimum absolute atomic E-state index is 0.00296. The van der Waals surface area contributed by atoms with Crippen molar-refractivity contribution in [2.24, 2.45) is 117 Å². The van der Waals surface area contributed by atoms with Crippen LogP contribution in [0.25, 0.3) is 0 Å². The molecule has 0 aromatic heterocycles. The monoisotopic (exact) mass is 2080 g/mol. The molecule has 4 amide bonds. The number of nitrogens with one attached hydrogen (secondary N) is 1. The minimum Gasteiger partial charge on any atom is -0.460 e. The standard InChI is InChI=1S/C32H45NO5.C30H53N3O5.C26H42O4.C21H29NO3.C11H15BrO2/c1-21(2)27(31(36)26-14-13-23(5)25(16-26)12-9-15-38-20-34)17-29-30(35)18-28(22(3)4)32(37)33(29)19-24-10-7-6-8-11-24;1-19(2)24(14-22-11-10-21(5)23(13-22)9-8-12-38-18-34)15-26(31)27(35)16-25(20(3)4)28(36)33-17-30(6,7)29(32)37;1-17(2)22(13-23-14-26(29)24(18(3)4)15-25(23)28)12-20-9-8-19(5)21(11-20)7-6-10-30-16-27;1-13(2)16-11-19-18(10-17(14(3)4)21(24)25-19)22(20(16)23)12-15-8-6-5-7-9-15;1-9-4-5-11(12)7-10(9)3-2-6-14-8-13/h6-8,10-11,13-14,16,21-22,27-30,34-35H,9,12,15,17-20H2,1-5H3;10-11,13,19-20,24-27,34-35H,8-9,12,14-18,31H2,1-7H3,(H2,32,37)(H,33,36);8-9,11,17-18,22-25,27-28H,6-7,10,12-16H2,1-5H3;5-9,13-14,16-19H,10-12H2,1-4H3;4-5,7,13H,2-3,6,8H2,1H3/t27-,28-,29-,30-;24-,25-,26-,27-;22-,23+,24-,25-;16-,17-,18-,19-;/m0000./s1. The third-order valence-electron chi connectivity index (χ3n) is 30.7. The summed E-state index contributed by atoms with van der Waals surface area (Å²) in [5.74, 6) is 1.38. The summed E-state index contributed by atoms with van der Waals surface area (Å²) in [5, 5.41) is 70.8. The third kappa shape index (κ3) is 41.0. The number of rotatable bonds is 51. The van der Waals surface area contributed by atoms with Crippen molar-refractivity contribution in [2.45, 2.75) is 330 Å². The number of ether oxygens (including phenoxy) is 5. The summed E-state index contributed by atoms with van der Waals surface area (Å²) in [4.78, 5) is 94.0. The van der Waals surface area contributed by atoms with Crippen LogP contribution in [0.4, 0.5) is 0 Å². The second-order valence-corrected chi connectivity index (χ2v) is 45.8. The lowest BCUT2D eigenvalue weighted by molar-refractivity contribution is -0.184. The molecule has 3 saturated heterocycles. The average Bonchev–Trinajstić information content (AvgIpc) is 0.765. The number of nitrogens with zero attached hydrogens (tertiary/aromatic N) is 2. The Labute approximate surface area is 877 Å². The molecule has 0 unspecified atom stereocenters. The van der Waals surface area contributed by atoms with Crippen LogP contribution in [0.3, 0.4) is 0 Å². The van der Waals surface area contributed by atoms with Gasteiger partial charge in [0.25, 0.3) is 0 Å². The molecule has 810 valence electrons. The molecule has 0 bridgehead atoms. The summed E-state index contributed by atoms with van der Waals surface area (Å²) in [6.45, 7) is 47.5. The van der Waals surface area contributed by atoms with E-state index < -0.39 is 41.5 Å². The van der Waals surface area contributed by atoms with Crippen LogP contribution in [-0.2, 0) is 104 Å². The molecular formula is C120H184BrN5O19. The number of ketones is 2. The number of hydrogen-bond acceptors (Lipinski definition) is 20. The van der Waals surface area contributed by atoms with Crippen LogP contribution in [0.2, 0.25) is 0 Å².